The molecule has 1 aliphatic rings. The van der Waals surface area contributed by atoms with Gasteiger partial charge in [0.25, 0.3) is 0 Å². The molecule has 63 heavy (non-hydrogen) atoms. The molecule has 0 aromatic heterocycles. The highest BCUT2D eigenvalue weighted by atomic mass is 16.7. The van der Waals surface area contributed by atoms with Crippen molar-refractivity contribution in [1.29, 1.82) is 0 Å². The lowest BCUT2D eigenvalue weighted by Gasteiger charge is -2.40. The van der Waals surface area contributed by atoms with Gasteiger partial charge in [-0.25, -0.2) is 0 Å². The predicted octanol–water partition coefficient (Wildman–Crippen LogP) is 12.2. The van der Waals surface area contributed by atoms with Crippen molar-refractivity contribution in [2.24, 2.45) is 0 Å². The van der Waals surface area contributed by atoms with Crippen LogP contribution in [0.2, 0.25) is 0 Å². The summed E-state index contributed by atoms with van der Waals surface area (Å²) in [7, 11) is 0. The van der Waals surface area contributed by atoms with E-state index in [0.29, 0.717) is 6.42 Å². The first kappa shape index (κ1) is 59.2. The standard InChI is InChI=1S/C54H99NO8/c1-3-5-7-9-11-13-15-17-19-21-23-24-25-26-27-29-31-33-35-37-39-41-43-48(57)47(46-62-54-53(61)52(60)51(59)49(45-56)63-54)55-50(58)44-42-40-38-36-34-32-30-28-22-20-18-16-14-12-10-8-6-4-2/h20,22,26-27,33,35,41,43,47-49,51-54,56-57,59-61H,3-19,21,23-25,28-32,34,36-40,42,44-46H2,1-2H3,(H,55,58)/b22-20-,27-26+,35-33+,43-41+. The maximum absolute atomic E-state index is 13.0. The molecule has 9 heteroatoms. The number of hydrogen-bond donors (Lipinski definition) is 6. The third-order valence-electron chi connectivity index (χ3n) is 12.4. The zero-order chi connectivity index (χ0) is 45.9. The fourth-order valence-electron chi connectivity index (χ4n) is 8.12. The number of rotatable bonds is 44. The van der Waals surface area contributed by atoms with Crippen LogP contribution in [0.15, 0.2) is 48.6 Å². The van der Waals surface area contributed by atoms with Crippen molar-refractivity contribution in [1.82, 2.24) is 5.32 Å². The molecule has 1 aliphatic heterocycles. The minimum Gasteiger partial charge on any atom is -0.394 e. The van der Waals surface area contributed by atoms with E-state index in [9.17, 15) is 30.3 Å². The van der Waals surface area contributed by atoms with Crippen LogP contribution in [0.25, 0.3) is 0 Å². The van der Waals surface area contributed by atoms with Gasteiger partial charge < -0.3 is 40.3 Å². The molecule has 0 aliphatic carbocycles. The van der Waals surface area contributed by atoms with E-state index in [1.807, 2.05) is 6.08 Å². The van der Waals surface area contributed by atoms with E-state index in [0.717, 1.165) is 57.8 Å². The van der Waals surface area contributed by atoms with Crippen LogP contribution in [-0.2, 0) is 14.3 Å². The van der Waals surface area contributed by atoms with Crippen molar-refractivity contribution in [3.63, 3.8) is 0 Å². The van der Waals surface area contributed by atoms with Crippen LogP contribution in [0.4, 0.5) is 0 Å². The van der Waals surface area contributed by atoms with E-state index in [4.69, 9.17) is 9.47 Å². The van der Waals surface area contributed by atoms with Gasteiger partial charge >= 0.3 is 0 Å². The van der Waals surface area contributed by atoms with Gasteiger partial charge in [0, 0.05) is 6.42 Å². The predicted molar refractivity (Wildman–Crippen MR) is 263 cm³/mol. The Morgan fingerprint density at radius 2 is 0.905 bits per heavy atom. The van der Waals surface area contributed by atoms with Crippen LogP contribution < -0.4 is 5.32 Å². The van der Waals surface area contributed by atoms with Gasteiger partial charge in [-0.3, -0.25) is 4.79 Å². The number of aliphatic hydroxyl groups excluding tert-OH is 5. The summed E-state index contributed by atoms with van der Waals surface area (Å²) in [5.74, 6) is -0.195. The van der Waals surface area contributed by atoms with E-state index in [2.05, 4.69) is 55.6 Å². The van der Waals surface area contributed by atoms with Gasteiger partial charge in [-0.1, -0.05) is 204 Å². The highest BCUT2D eigenvalue weighted by Gasteiger charge is 2.44. The minimum absolute atomic E-state index is 0.195. The maximum atomic E-state index is 13.0. The summed E-state index contributed by atoms with van der Waals surface area (Å²) in [6, 6.07) is -0.831. The topological polar surface area (TPSA) is 149 Å². The number of carbonyl (C=O) groups excluding carboxylic acids is 1. The monoisotopic (exact) mass is 890 g/mol. The number of aliphatic hydroxyl groups is 5. The number of ether oxygens (including phenoxy) is 2. The quantitative estimate of drug-likeness (QED) is 0.0262. The molecule has 0 bridgehead atoms. The molecule has 7 atom stereocenters. The van der Waals surface area contributed by atoms with Gasteiger partial charge in [0.05, 0.1) is 25.4 Å². The van der Waals surface area contributed by atoms with Gasteiger partial charge in [-0.2, -0.15) is 0 Å². The first-order chi connectivity index (χ1) is 30.8. The molecule has 0 saturated carbocycles. The molecule has 1 fully saturated rings. The van der Waals surface area contributed by atoms with Crippen molar-refractivity contribution >= 4 is 5.91 Å². The summed E-state index contributed by atoms with van der Waals surface area (Å²) in [5, 5.41) is 54.3. The Hall–Kier alpha value is -1.85. The summed E-state index contributed by atoms with van der Waals surface area (Å²) >= 11 is 0. The molecule has 1 saturated heterocycles. The van der Waals surface area contributed by atoms with Crippen LogP contribution in [-0.4, -0.2) is 87.5 Å². The van der Waals surface area contributed by atoms with Crippen LogP contribution in [0, 0.1) is 0 Å². The van der Waals surface area contributed by atoms with Gasteiger partial charge in [-0.05, 0) is 70.6 Å². The van der Waals surface area contributed by atoms with E-state index >= 15 is 0 Å². The summed E-state index contributed by atoms with van der Waals surface area (Å²) in [5.41, 5.74) is 0. The molecular formula is C54H99NO8. The summed E-state index contributed by atoms with van der Waals surface area (Å²) in [6.45, 7) is 3.76. The normalized spacial score (nSPS) is 20.5. The zero-order valence-corrected chi connectivity index (χ0v) is 40.6. The molecule has 1 heterocycles. The van der Waals surface area contributed by atoms with Crippen LogP contribution in [0.5, 0.6) is 0 Å². The molecule has 6 N–H and O–H groups in total. The Morgan fingerprint density at radius 3 is 1.33 bits per heavy atom. The fourth-order valence-corrected chi connectivity index (χ4v) is 8.12. The Morgan fingerprint density at radius 1 is 0.524 bits per heavy atom. The molecule has 0 radical (unpaired) electrons. The lowest BCUT2D eigenvalue weighted by molar-refractivity contribution is -0.302. The van der Waals surface area contributed by atoms with Crippen molar-refractivity contribution in [3.05, 3.63) is 48.6 Å². The fraction of sp³-hybridized carbons (Fsp3) is 0.833. The third kappa shape index (κ3) is 34.2. The van der Waals surface area contributed by atoms with E-state index in [1.54, 1.807) is 6.08 Å². The van der Waals surface area contributed by atoms with Gasteiger partial charge in [0.15, 0.2) is 6.29 Å². The minimum atomic E-state index is -1.58. The van der Waals surface area contributed by atoms with Gasteiger partial charge in [0.1, 0.15) is 24.4 Å². The van der Waals surface area contributed by atoms with Crippen molar-refractivity contribution in [2.45, 2.75) is 275 Å². The summed E-state index contributed by atoms with van der Waals surface area (Å²) in [4.78, 5) is 13.0. The third-order valence-corrected chi connectivity index (χ3v) is 12.4. The number of amides is 1. The number of allylic oxidation sites excluding steroid dienone is 7. The van der Waals surface area contributed by atoms with E-state index in [-0.39, 0.29) is 12.5 Å². The van der Waals surface area contributed by atoms with Gasteiger partial charge in [0.2, 0.25) is 5.91 Å². The van der Waals surface area contributed by atoms with Crippen LogP contribution in [0.1, 0.15) is 232 Å². The maximum Gasteiger partial charge on any atom is 0.220 e. The Kier molecular flexibility index (Phi) is 41.3. The zero-order valence-electron chi connectivity index (χ0n) is 40.6. The first-order valence-corrected chi connectivity index (χ1v) is 26.4. The molecule has 1 amide bonds. The lowest BCUT2D eigenvalue weighted by Crippen LogP contribution is -2.60. The average molecular weight is 890 g/mol. The Bertz CT molecular complexity index is 1130. The second kappa shape index (κ2) is 44.0. The van der Waals surface area contributed by atoms with Crippen LogP contribution >= 0.6 is 0 Å². The van der Waals surface area contributed by atoms with E-state index in [1.165, 1.54) is 154 Å². The molecule has 368 valence electrons. The second-order valence-electron chi connectivity index (χ2n) is 18.3. The first-order valence-electron chi connectivity index (χ1n) is 26.4. The summed E-state index contributed by atoms with van der Waals surface area (Å²) in [6.07, 6.45) is 50.2. The number of carbonyl (C=O) groups is 1. The largest absolute Gasteiger partial charge is 0.394 e. The molecular weight excluding hydrogens is 791 g/mol. The Labute approximate surface area is 386 Å². The average Bonchev–Trinajstić information content (AvgIpc) is 3.28. The molecule has 0 aromatic carbocycles. The molecule has 1 rings (SSSR count). The van der Waals surface area contributed by atoms with E-state index < -0.39 is 49.5 Å². The Balaban J connectivity index is 2.33. The number of nitrogens with one attached hydrogen (secondary N) is 1. The van der Waals surface area contributed by atoms with Crippen molar-refractivity contribution in [3.8, 4) is 0 Å². The number of hydrogen-bond acceptors (Lipinski definition) is 8. The molecule has 9 nitrogen and oxygen atoms in total. The second-order valence-corrected chi connectivity index (χ2v) is 18.3. The number of unbranched alkanes of at least 4 members (excludes halogenated alkanes) is 28. The highest BCUT2D eigenvalue weighted by Crippen LogP contribution is 2.23. The van der Waals surface area contributed by atoms with Crippen LogP contribution in [0.3, 0.4) is 0 Å². The molecule has 7 unspecified atom stereocenters. The summed E-state index contributed by atoms with van der Waals surface area (Å²) < 4.78 is 11.2. The van der Waals surface area contributed by atoms with Crippen molar-refractivity contribution in [2.75, 3.05) is 13.2 Å². The molecule has 0 aromatic rings. The van der Waals surface area contributed by atoms with Crippen molar-refractivity contribution < 1.29 is 39.8 Å². The van der Waals surface area contributed by atoms with Gasteiger partial charge in [-0.15, -0.1) is 0 Å². The lowest BCUT2D eigenvalue weighted by atomic mass is 9.99. The SMILES string of the molecule is CCCCCCCCC/C=C\CCCCCCCCCC(=O)NC(COC1OC(CO)C(O)C(O)C1O)C(O)/C=C/CC/C=C/CC/C=C/CCCCCCCCCCCCCC. The smallest absolute Gasteiger partial charge is 0.220 e. The highest BCUT2D eigenvalue weighted by molar-refractivity contribution is 5.76. The molecule has 0 spiro atoms.